The van der Waals surface area contributed by atoms with E-state index in [1.165, 1.54) is 11.8 Å². The summed E-state index contributed by atoms with van der Waals surface area (Å²) in [5, 5.41) is 14.3. The molecule has 8 heteroatoms. The van der Waals surface area contributed by atoms with E-state index in [1.54, 1.807) is 19.2 Å². The van der Waals surface area contributed by atoms with Gasteiger partial charge in [-0.05, 0) is 43.0 Å². The molecule has 0 atom stereocenters. The van der Waals surface area contributed by atoms with Gasteiger partial charge in [-0.15, -0.1) is 10.2 Å². The Morgan fingerprint density at radius 3 is 2.70 bits per heavy atom. The van der Waals surface area contributed by atoms with Gasteiger partial charge in [0.25, 0.3) is 0 Å². The van der Waals surface area contributed by atoms with Crippen molar-refractivity contribution in [3.63, 3.8) is 0 Å². The summed E-state index contributed by atoms with van der Waals surface area (Å²) in [7, 11) is 1.64. The predicted molar refractivity (Wildman–Crippen MR) is 104 cm³/mol. The van der Waals surface area contributed by atoms with Crippen LogP contribution in [0.2, 0.25) is 0 Å². The number of para-hydroxylation sites is 1. The molecule has 0 aliphatic heterocycles. The molecule has 2 N–H and O–H groups in total. The standard InChI is InChI=1S/C19H22N4O3S/c1-26-15-5-3-2-4-13(15)10-11-20-17(24)12-27-18-9-8-16(22-23-18)21-19(25)14-6-7-14/h2-5,8-9,14H,6-7,10-12H2,1H3,(H,20,24)(H,21,22,25). The Hall–Kier alpha value is -2.61. The molecule has 0 unspecified atom stereocenters. The number of benzene rings is 1. The lowest BCUT2D eigenvalue weighted by Crippen LogP contribution is -2.27. The third kappa shape index (κ3) is 5.96. The summed E-state index contributed by atoms with van der Waals surface area (Å²) >= 11 is 1.31. The first-order valence-electron chi connectivity index (χ1n) is 8.81. The van der Waals surface area contributed by atoms with Gasteiger partial charge < -0.3 is 15.4 Å². The van der Waals surface area contributed by atoms with E-state index in [1.807, 2.05) is 24.3 Å². The summed E-state index contributed by atoms with van der Waals surface area (Å²) < 4.78 is 5.30. The topological polar surface area (TPSA) is 93.2 Å². The SMILES string of the molecule is COc1ccccc1CCNC(=O)CSc1ccc(NC(=O)C2CC2)nn1. The smallest absolute Gasteiger partial charge is 0.230 e. The molecule has 0 radical (unpaired) electrons. The van der Waals surface area contributed by atoms with Crippen LogP contribution < -0.4 is 15.4 Å². The fourth-order valence-corrected chi connectivity index (χ4v) is 3.12. The molecule has 1 heterocycles. The van der Waals surface area contributed by atoms with Gasteiger partial charge in [0, 0.05) is 12.5 Å². The maximum Gasteiger partial charge on any atom is 0.230 e. The highest BCUT2D eigenvalue weighted by molar-refractivity contribution is 7.99. The number of aromatic nitrogens is 2. The monoisotopic (exact) mass is 386 g/mol. The Morgan fingerprint density at radius 1 is 1.19 bits per heavy atom. The van der Waals surface area contributed by atoms with Gasteiger partial charge >= 0.3 is 0 Å². The molecule has 1 aliphatic carbocycles. The lowest BCUT2D eigenvalue weighted by Gasteiger charge is -2.09. The number of hydrogen-bond acceptors (Lipinski definition) is 6. The Bertz CT molecular complexity index is 794. The number of nitrogens with one attached hydrogen (secondary N) is 2. The fourth-order valence-electron chi connectivity index (χ4n) is 2.47. The summed E-state index contributed by atoms with van der Waals surface area (Å²) in [6, 6.07) is 11.2. The molecule has 3 rings (SSSR count). The molecule has 0 saturated heterocycles. The Labute approximate surface area is 162 Å². The normalized spacial score (nSPS) is 13.1. The van der Waals surface area contributed by atoms with Crippen molar-refractivity contribution in [1.29, 1.82) is 0 Å². The molecule has 1 aliphatic rings. The van der Waals surface area contributed by atoms with Gasteiger partial charge in [0.2, 0.25) is 11.8 Å². The van der Waals surface area contributed by atoms with Gasteiger partial charge in [0.05, 0.1) is 12.9 Å². The summed E-state index contributed by atoms with van der Waals surface area (Å²) in [5.74, 6) is 1.58. The Kier molecular flexibility index (Phi) is 6.64. The predicted octanol–water partition coefficient (Wildman–Crippen LogP) is 2.28. The van der Waals surface area contributed by atoms with Crippen LogP contribution in [-0.2, 0) is 16.0 Å². The van der Waals surface area contributed by atoms with Crippen molar-refractivity contribution in [3.05, 3.63) is 42.0 Å². The summed E-state index contributed by atoms with van der Waals surface area (Å²) in [5.41, 5.74) is 1.06. The average Bonchev–Trinajstić information content (AvgIpc) is 3.53. The number of thioether (sulfide) groups is 1. The largest absolute Gasteiger partial charge is 0.496 e. The van der Waals surface area contributed by atoms with Gasteiger partial charge in [0.1, 0.15) is 10.8 Å². The first-order chi connectivity index (χ1) is 13.2. The van der Waals surface area contributed by atoms with E-state index in [4.69, 9.17) is 4.74 Å². The Morgan fingerprint density at radius 2 is 2.00 bits per heavy atom. The lowest BCUT2D eigenvalue weighted by atomic mass is 10.1. The van der Waals surface area contributed by atoms with Crippen molar-refractivity contribution in [3.8, 4) is 5.75 Å². The van der Waals surface area contributed by atoms with Crippen molar-refractivity contribution in [1.82, 2.24) is 15.5 Å². The number of ether oxygens (including phenoxy) is 1. The van der Waals surface area contributed by atoms with Crippen molar-refractivity contribution < 1.29 is 14.3 Å². The van der Waals surface area contributed by atoms with Gasteiger partial charge in [-0.25, -0.2) is 0 Å². The maximum absolute atomic E-state index is 12.0. The van der Waals surface area contributed by atoms with Crippen LogP contribution in [0.3, 0.4) is 0 Å². The average molecular weight is 386 g/mol. The molecule has 27 heavy (non-hydrogen) atoms. The van der Waals surface area contributed by atoms with Crippen LogP contribution in [0, 0.1) is 5.92 Å². The number of carbonyl (C=O) groups excluding carboxylic acids is 2. The number of amides is 2. The van der Waals surface area contributed by atoms with E-state index in [-0.39, 0.29) is 23.5 Å². The molecule has 1 aromatic heterocycles. The number of nitrogens with zero attached hydrogens (tertiary/aromatic N) is 2. The number of carbonyl (C=O) groups is 2. The van der Waals surface area contributed by atoms with Crippen LogP contribution in [-0.4, -0.2) is 41.4 Å². The van der Waals surface area contributed by atoms with Crippen molar-refractivity contribution in [2.45, 2.75) is 24.3 Å². The highest BCUT2D eigenvalue weighted by Gasteiger charge is 2.29. The second-order valence-electron chi connectivity index (χ2n) is 6.22. The minimum absolute atomic E-state index is 0.000808. The van der Waals surface area contributed by atoms with Crippen LogP contribution in [0.1, 0.15) is 18.4 Å². The van der Waals surface area contributed by atoms with Crippen molar-refractivity contribution >= 4 is 29.4 Å². The number of methoxy groups -OCH3 is 1. The highest BCUT2D eigenvalue weighted by atomic mass is 32.2. The maximum atomic E-state index is 12.0. The van der Waals surface area contributed by atoms with Gasteiger partial charge in [-0.3, -0.25) is 9.59 Å². The van der Waals surface area contributed by atoms with E-state index in [2.05, 4.69) is 20.8 Å². The quantitative estimate of drug-likeness (QED) is 0.642. The molecule has 1 fully saturated rings. The summed E-state index contributed by atoms with van der Waals surface area (Å²) in [4.78, 5) is 23.7. The van der Waals surface area contributed by atoms with E-state index in [0.29, 0.717) is 23.8 Å². The Balaban J connectivity index is 1.37. The molecule has 0 spiro atoms. The van der Waals surface area contributed by atoms with Crippen LogP contribution in [0.4, 0.5) is 5.82 Å². The molecule has 7 nitrogen and oxygen atoms in total. The fraction of sp³-hybridized carbons (Fsp3) is 0.368. The van der Waals surface area contributed by atoms with E-state index in [0.717, 1.165) is 24.2 Å². The number of rotatable bonds is 9. The van der Waals surface area contributed by atoms with Gasteiger partial charge in [-0.2, -0.15) is 0 Å². The first kappa shape index (κ1) is 19.2. The summed E-state index contributed by atoms with van der Waals surface area (Å²) in [6.45, 7) is 0.539. The molecular formula is C19H22N4O3S. The molecule has 2 aromatic rings. The zero-order valence-corrected chi connectivity index (χ0v) is 15.9. The molecule has 142 valence electrons. The molecular weight excluding hydrogens is 364 g/mol. The second kappa shape index (κ2) is 9.36. The number of anilines is 1. The summed E-state index contributed by atoms with van der Waals surface area (Å²) in [6.07, 6.45) is 2.59. The van der Waals surface area contributed by atoms with E-state index >= 15 is 0 Å². The van der Waals surface area contributed by atoms with Crippen molar-refractivity contribution in [2.75, 3.05) is 24.7 Å². The van der Waals surface area contributed by atoms with E-state index < -0.39 is 0 Å². The zero-order chi connectivity index (χ0) is 19.1. The minimum atomic E-state index is -0.0668. The lowest BCUT2D eigenvalue weighted by molar-refractivity contribution is -0.118. The van der Waals surface area contributed by atoms with Gasteiger partial charge in [-0.1, -0.05) is 30.0 Å². The molecule has 2 amide bonds. The van der Waals surface area contributed by atoms with Crippen molar-refractivity contribution in [2.24, 2.45) is 5.92 Å². The third-order valence-corrected chi connectivity index (χ3v) is 5.02. The second-order valence-corrected chi connectivity index (χ2v) is 7.22. The van der Waals surface area contributed by atoms with E-state index in [9.17, 15) is 9.59 Å². The first-order valence-corrected chi connectivity index (χ1v) is 9.80. The van der Waals surface area contributed by atoms with Crippen LogP contribution in [0.5, 0.6) is 5.75 Å². The highest BCUT2D eigenvalue weighted by Crippen LogP contribution is 2.30. The molecule has 1 aromatic carbocycles. The number of hydrogen-bond donors (Lipinski definition) is 2. The van der Waals surface area contributed by atoms with Crippen LogP contribution in [0.15, 0.2) is 41.4 Å². The van der Waals surface area contributed by atoms with Crippen LogP contribution in [0.25, 0.3) is 0 Å². The minimum Gasteiger partial charge on any atom is -0.496 e. The van der Waals surface area contributed by atoms with Gasteiger partial charge in [0.15, 0.2) is 5.82 Å². The van der Waals surface area contributed by atoms with Crippen LogP contribution >= 0.6 is 11.8 Å². The zero-order valence-electron chi connectivity index (χ0n) is 15.1. The third-order valence-electron chi connectivity index (χ3n) is 4.10. The molecule has 0 bridgehead atoms. The molecule has 1 saturated carbocycles.